The Morgan fingerprint density at radius 3 is 1.93 bits per heavy atom. The molecule has 0 saturated carbocycles. The monoisotopic (exact) mass is 446 g/mol. The van der Waals surface area contributed by atoms with Crippen molar-refractivity contribution in [3.63, 3.8) is 0 Å². The van der Waals surface area contributed by atoms with Crippen molar-refractivity contribution >= 4 is 20.0 Å². The Hall–Kier alpha value is -2.53. The molecule has 1 fully saturated rings. The molecule has 8 nitrogen and oxygen atoms in total. The number of benzene rings is 2. The number of hydrogen-bond acceptors (Lipinski definition) is 5. The zero-order valence-electron chi connectivity index (χ0n) is 16.2. The predicted octanol–water partition coefficient (Wildman–Crippen LogP) is 2.16. The molecule has 30 heavy (non-hydrogen) atoms. The van der Waals surface area contributed by atoms with Crippen LogP contribution in [-0.2, 0) is 20.0 Å². The lowest BCUT2D eigenvalue weighted by atomic mass is 10.1. The van der Waals surface area contributed by atoms with Gasteiger partial charge >= 0.3 is 0 Å². The Bertz CT molecular complexity index is 1190. The van der Waals surface area contributed by atoms with Gasteiger partial charge in [0.25, 0.3) is 10.0 Å². The van der Waals surface area contributed by atoms with Crippen molar-refractivity contribution < 1.29 is 16.8 Å². The van der Waals surface area contributed by atoms with Gasteiger partial charge in [0, 0.05) is 26.2 Å². The summed E-state index contributed by atoms with van der Waals surface area (Å²) in [4.78, 5) is 6.57. The van der Waals surface area contributed by atoms with Gasteiger partial charge in [0.1, 0.15) is 0 Å². The molecule has 2 heterocycles. The van der Waals surface area contributed by atoms with Gasteiger partial charge < -0.3 is 4.98 Å². The van der Waals surface area contributed by atoms with Gasteiger partial charge in [-0.05, 0) is 29.7 Å². The smallest absolute Gasteiger partial charge is 0.260 e. The minimum absolute atomic E-state index is 0.00954. The predicted molar refractivity (Wildman–Crippen MR) is 113 cm³/mol. The first-order valence-corrected chi connectivity index (χ1v) is 12.4. The van der Waals surface area contributed by atoms with Crippen LogP contribution in [0.25, 0.3) is 11.1 Å². The summed E-state index contributed by atoms with van der Waals surface area (Å²) in [6.45, 7) is 0.691. The first kappa shape index (κ1) is 20.7. The maximum absolute atomic E-state index is 13.1. The topological polar surface area (TPSA) is 103 Å². The van der Waals surface area contributed by atoms with Crippen LogP contribution in [0.1, 0.15) is 6.42 Å². The molecule has 1 saturated heterocycles. The van der Waals surface area contributed by atoms with E-state index in [9.17, 15) is 16.8 Å². The van der Waals surface area contributed by atoms with E-state index in [0.29, 0.717) is 6.42 Å². The highest BCUT2D eigenvalue weighted by molar-refractivity contribution is 7.89. The third-order valence-electron chi connectivity index (χ3n) is 5.10. The van der Waals surface area contributed by atoms with Crippen molar-refractivity contribution in [2.24, 2.45) is 0 Å². The third-order valence-corrected chi connectivity index (χ3v) is 8.84. The fourth-order valence-corrected chi connectivity index (χ4v) is 6.31. The largest absolute Gasteiger partial charge is 0.335 e. The fourth-order valence-electron chi connectivity index (χ4n) is 3.47. The summed E-state index contributed by atoms with van der Waals surface area (Å²) < 4.78 is 54.3. The molecule has 4 rings (SSSR count). The van der Waals surface area contributed by atoms with Crippen molar-refractivity contribution in [3.8, 4) is 11.1 Å². The van der Waals surface area contributed by atoms with Crippen LogP contribution in [0.3, 0.4) is 0 Å². The first-order valence-electron chi connectivity index (χ1n) is 9.53. The molecule has 3 aromatic rings. The van der Waals surface area contributed by atoms with Crippen LogP contribution in [0, 0.1) is 0 Å². The Balaban J connectivity index is 1.51. The van der Waals surface area contributed by atoms with E-state index in [1.165, 1.54) is 21.1 Å². The molecule has 1 aliphatic rings. The SMILES string of the molecule is O=S(=O)(c1ccc(-c2ccccc2)cc1)N1CCCN(S(=O)(=O)c2cnc[nH]2)CC1. The van der Waals surface area contributed by atoms with Crippen molar-refractivity contribution in [2.75, 3.05) is 26.2 Å². The number of H-pyrrole nitrogens is 1. The van der Waals surface area contributed by atoms with Gasteiger partial charge in [-0.15, -0.1) is 0 Å². The highest BCUT2D eigenvalue weighted by Gasteiger charge is 2.32. The summed E-state index contributed by atoms with van der Waals surface area (Å²) in [5, 5.41) is 0.00954. The van der Waals surface area contributed by atoms with Gasteiger partial charge in [0.15, 0.2) is 5.03 Å². The fraction of sp³-hybridized carbons (Fsp3) is 0.250. The number of nitrogens with one attached hydrogen (secondary N) is 1. The van der Waals surface area contributed by atoms with Gasteiger partial charge in [0.2, 0.25) is 10.0 Å². The molecule has 10 heteroatoms. The molecule has 158 valence electrons. The number of hydrogen-bond donors (Lipinski definition) is 1. The van der Waals surface area contributed by atoms with Gasteiger partial charge in [-0.1, -0.05) is 42.5 Å². The summed E-state index contributed by atoms with van der Waals surface area (Å²) in [5.41, 5.74) is 1.94. The number of sulfonamides is 2. The molecule has 0 aliphatic carbocycles. The minimum Gasteiger partial charge on any atom is -0.335 e. The van der Waals surface area contributed by atoms with Crippen molar-refractivity contribution in [2.45, 2.75) is 16.3 Å². The minimum atomic E-state index is -3.72. The Kier molecular flexibility index (Phi) is 5.74. The number of rotatable bonds is 5. The van der Waals surface area contributed by atoms with Crippen LogP contribution in [-0.4, -0.2) is 61.6 Å². The Morgan fingerprint density at radius 2 is 1.33 bits per heavy atom. The molecule has 0 bridgehead atoms. The van der Waals surface area contributed by atoms with Crippen LogP contribution in [0.15, 0.2) is 77.0 Å². The molecular weight excluding hydrogens is 424 g/mol. The maximum atomic E-state index is 13.1. The normalized spacial score (nSPS) is 16.9. The lowest BCUT2D eigenvalue weighted by Gasteiger charge is -2.21. The molecule has 1 N–H and O–H groups in total. The van der Waals surface area contributed by atoms with E-state index in [2.05, 4.69) is 9.97 Å². The number of imidazole rings is 1. The summed E-state index contributed by atoms with van der Waals surface area (Å²) in [7, 11) is -7.43. The van der Waals surface area contributed by atoms with Gasteiger partial charge in [0.05, 0.1) is 17.4 Å². The van der Waals surface area contributed by atoms with E-state index < -0.39 is 20.0 Å². The average molecular weight is 447 g/mol. The second kappa shape index (κ2) is 8.31. The van der Waals surface area contributed by atoms with E-state index in [4.69, 9.17) is 0 Å². The van der Waals surface area contributed by atoms with Gasteiger partial charge in [-0.25, -0.2) is 21.8 Å². The van der Waals surface area contributed by atoms with E-state index >= 15 is 0 Å². The average Bonchev–Trinajstić information content (AvgIpc) is 3.19. The maximum Gasteiger partial charge on any atom is 0.260 e. The molecule has 0 unspecified atom stereocenters. The highest BCUT2D eigenvalue weighted by Crippen LogP contribution is 2.24. The van der Waals surface area contributed by atoms with Crippen molar-refractivity contribution in [1.29, 1.82) is 0 Å². The highest BCUT2D eigenvalue weighted by atomic mass is 32.2. The Labute approximate surface area is 176 Å². The van der Waals surface area contributed by atoms with E-state index in [-0.39, 0.29) is 36.1 Å². The molecule has 2 aromatic carbocycles. The van der Waals surface area contributed by atoms with Crippen molar-refractivity contribution in [1.82, 2.24) is 18.6 Å². The Morgan fingerprint density at radius 1 is 0.733 bits per heavy atom. The molecule has 1 aromatic heterocycles. The summed E-state index contributed by atoms with van der Waals surface area (Å²) in [6.07, 6.45) is 2.97. The number of aromatic nitrogens is 2. The third kappa shape index (κ3) is 4.04. The molecule has 1 aliphatic heterocycles. The zero-order valence-corrected chi connectivity index (χ0v) is 17.8. The van der Waals surface area contributed by atoms with Crippen LogP contribution < -0.4 is 0 Å². The van der Waals surface area contributed by atoms with Crippen LogP contribution in [0.5, 0.6) is 0 Å². The lowest BCUT2D eigenvalue weighted by molar-refractivity contribution is 0.403. The van der Waals surface area contributed by atoms with E-state index in [1.54, 1.807) is 24.3 Å². The molecule has 0 atom stereocenters. The van der Waals surface area contributed by atoms with Crippen molar-refractivity contribution in [3.05, 3.63) is 67.1 Å². The van der Waals surface area contributed by atoms with Crippen LogP contribution in [0.4, 0.5) is 0 Å². The summed E-state index contributed by atoms with van der Waals surface area (Å²) in [6, 6.07) is 16.5. The molecule has 0 radical (unpaired) electrons. The quantitative estimate of drug-likeness (QED) is 0.647. The number of aromatic amines is 1. The van der Waals surface area contributed by atoms with Gasteiger partial charge in [-0.2, -0.15) is 8.61 Å². The van der Waals surface area contributed by atoms with Gasteiger partial charge in [-0.3, -0.25) is 0 Å². The lowest BCUT2D eigenvalue weighted by Crippen LogP contribution is -2.37. The van der Waals surface area contributed by atoms with Crippen LogP contribution in [0.2, 0.25) is 0 Å². The van der Waals surface area contributed by atoms with E-state index in [0.717, 1.165) is 11.1 Å². The standard InChI is InChI=1S/C20H22N4O4S2/c25-29(26,19-9-7-18(8-10-19)17-5-2-1-3-6-17)23-11-4-12-24(14-13-23)30(27,28)20-15-21-16-22-20/h1-3,5-10,15-16H,4,11-14H2,(H,21,22). The second-order valence-electron chi connectivity index (χ2n) is 6.97. The number of nitrogens with zero attached hydrogens (tertiary/aromatic N) is 3. The zero-order chi connectivity index (χ0) is 21.2. The molecular formula is C20H22N4O4S2. The molecule has 0 spiro atoms. The van der Waals surface area contributed by atoms with Crippen LogP contribution >= 0.6 is 0 Å². The summed E-state index contributed by atoms with van der Waals surface area (Å²) >= 11 is 0. The molecule has 0 amide bonds. The second-order valence-corrected chi connectivity index (χ2v) is 10.8. The van der Waals surface area contributed by atoms with E-state index in [1.807, 2.05) is 30.3 Å². The summed E-state index contributed by atoms with van der Waals surface area (Å²) in [5.74, 6) is 0. The first-order chi connectivity index (χ1) is 14.4.